The zero-order chi connectivity index (χ0) is 17.1. The highest BCUT2D eigenvalue weighted by atomic mass is 14.9. The van der Waals surface area contributed by atoms with E-state index >= 15 is 0 Å². The summed E-state index contributed by atoms with van der Waals surface area (Å²) in [6.07, 6.45) is 0. The molecule has 0 aliphatic carbocycles. The fourth-order valence-electron chi connectivity index (χ4n) is 2.78. The molecule has 1 aromatic heterocycles. The van der Waals surface area contributed by atoms with Crippen molar-refractivity contribution in [2.45, 2.75) is 6.54 Å². The van der Waals surface area contributed by atoms with Crippen LogP contribution in [0.2, 0.25) is 0 Å². The number of anilines is 1. The lowest BCUT2D eigenvalue weighted by Crippen LogP contribution is -1.99. The van der Waals surface area contributed by atoms with Gasteiger partial charge in [-0.2, -0.15) is 5.26 Å². The first-order chi connectivity index (χ1) is 12.3. The van der Waals surface area contributed by atoms with Gasteiger partial charge in [-0.25, -0.2) is 4.98 Å². The van der Waals surface area contributed by atoms with Crippen LogP contribution in [0.1, 0.15) is 11.1 Å². The second kappa shape index (κ2) is 6.50. The van der Waals surface area contributed by atoms with Gasteiger partial charge in [0, 0.05) is 17.8 Å². The number of rotatable bonds is 4. The largest absolute Gasteiger partial charge is 0.381 e. The molecule has 0 unspecified atom stereocenters. The highest BCUT2D eigenvalue weighted by Gasteiger charge is 2.05. The third-order valence-electron chi connectivity index (χ3n) is 4.10. The molecule has 0 aliphatic heterocycles. The number of hydrogen-bond acceptors (Lipinski definition) is 3. The summed E-state index contributed by atoms with van der Waals surface area (Å²) < 4.78 is 0. The van der Waals surface area contributed by atoms with Crippen molar-refractivity contribution in [1.82, 2.24) is 9.97 Å². The van der Waals surface area contributed by atoms with Crippen molar-refractivity contribution in [3.63, 3.8) is 0 Å². The molecule has 4 aromatic rings. The Morgan fingerprint density at radius 1 is 0.960 bits per heavy atom. The van der Waals surface area contributed by atoms with Gasteiger partial charge >= 0.3 is 0 Å². The van der Waals surface area contributed by atoms with E-state index in [0.717, 1.165) is 28.1 Å². The molecule has 0 radical (unpaired) electrons. The first kappa shape index (κ1) is 15.0. The summed E-state index contributed by atoms with van der Waals surface area (Å²) in [5, 5.41) is 12.2. The van der Waals surface area contributed by atoms with E-state index in [1.807, 2.05) is 54.6 Å². The lowest BCUT2D eigenvalue weighted by Gasteiger charge is -2.07. The summed E-state index contributed by atoms with van der Waals surface area (Å²) in [6.45, 7) is 0.708. The number of fused-ring (bicyclic) bond motifs is 1. The lowest BCUT2D eigenvalue weighted by atomic mass is 10.1. The van der Waals surface area contributed by atoms with Crippen LogP contribution in [0.25, 0.3) is 22.4 Å². The van der Waals surface area contributed by atoms with Gasteiger partial charge in [-0.3, -0.25) is 0 Å². The molecule has 0 spiro atoms. The van der Waals surface area contributed by atoms with E-state index in [1.165, 1.54) is 5.56 Å². The van der Waals surface area contributed by atoms with Crippen LogP contribution >= 0.6 is 0 Å². The van der Waals surface area contributed by atoms with Crippen LogP contribution in [0, 0.1) is 11.3 Å². The van der Waals surface area contributed by atoms with E-state index in [9.17, 15) is 0 Å². The lowest BCUT2D eigenvalue weighted by molar-refractivity contribution is 1.15. The van der Waals surface area contributed by atoms with Gasteiger partial charge in [0.1, 0.15) is 5.82 Å². The molecule has 2 N–H and O–H groups in total. The maximum Gasteiger partial charge on any atom is 0.138 e. The van der Waals surface area contributed by atoms with Gasteiger partial charge < -0.3 is 10.3 Å². The van der Waals surface area contributed by atoms with E-state index in [2.05, 4.69) is 39.6 Å². The minimum Gasteiger partial charge on any atom is -0.381 e. The molecular formula is C21H16N4. The van der Waals surface area contributed by atoms with Crippen LogP contribution < -0.4 is 5.32 Å². The zero-order valence-corrected chi connectivity index (χ0v) is 13.5. The predicted molar refractivity (Wildman–Crippen MR) is 100 cm³/mol. The molecule has 4 rings (SSSR count). The quantitative estimate of drug-likeness (QED) is 0.571. The van der Waals surface area contributed by atoms with Gasteiger partial charge in [-0.15, -0.1) is 0 Å². The van der Waals surface area contributed by atoms with E-state index < -0.39 is 0 Å². The minimum atomic E-state index is 0.664. The van der Waals surface area contributed by atoms with Crippen LogP contribution in [-0.4, -0.2) is 9.97 Å². The number of para-hydroxylation sites is 2. The number of imidazole rings is 1. The van der Waals surface area contributed by atoms with Crippen LogP contribution in [0.15, 0.2) is 72.8 Å². The molecule has 0 aliphatic rings. The van der Waals surface area contributed by atoms with Crippen molar-refractivity contribution in [2.75, 3.05) is 5.32 Å². The Bertz CT molecular complexity index is 1020. The van der Waals surface area contributed by atoms with E-state index in [1.54, 1.807) is 0 Å². The highest BCUT2D eigenvalue weighted by Crippen LogP contribution is 2.21. The summed E-state index contributed by atoms with van der Waals surface area (Å²) in [6, 6.07) is 25.9. The van der Waals surface area contributed by atoms with Gasteiger partial charge in [-0.05, 0) is 48.0 Å². The van der Waals surface area contributed by atoms with Gasteiger partial charge in [0.15, 0.2) is 0 Å². The van der Waals surface area contributed by atoms with Crippen LogP contribution in [-0.2, 0) is 6.54 Å². The Labute approximate surface area is 145 Å². The van der Waals surface area contributed by atoms with E-state index in [0.29, 0.717) is 12.1 Å². The Morgan fingerprint density at radius 3 is 2.60 bits per heavy atom. The van der Waals surface area contributed by atoms with Gasteiger partial charge in [0.25, 0.3) is 0 Å². The molecule has 4 heteroatoms. The van der Waals surface area contributed by atoms with Crippen molar-refractivity contribution < 1.29 is 0 Å². The number of nitriles is 1. The number of nitrogens with zero attached hydrogens (tertiary/aromatic N) is 2. The predicted octanol–water partition coefficient (Wildman–Crippen LogP) is 4.71. The summed E-state index contributed by atoms with van der Waals surface area (Å²) >= 11 is 0. The molecule has 1 heterocycles. The van der Waals surface area contributed by atoms with Gasteiger partial charge in [0.05, 0.1) is 22.7 Å². The third-order valence-corrected chi connectivity index (χ3v) is 4.10. The monoisotopic (exact) mass is 324 g/mol. The molecule has 0 atom stereocenters. The fraction of sp³-hybridized carbons (Fsp3) is 0.0476. The van der Waals surface area contributed by atoms with E-state index in [4.69, 9.17) is 5.26 Å². The maximum absolute atomic E-state index is 8.85. The molecule has 0 saturated heterocycles. The van der Waals surface area contributed by atoms with Crippen LogP contribution in [0.3, 0.4) is 0 Å². The smallest absolute Gasteiger partial charge is 0.138 e. The number of aromatic nitrogens is 2. The van der Waals surface area contributed by atoms with Crippen molar-refractivity contribution in [2.24, 2.45) is 0 Å². The molecule has 25 heavy (non-hydrogen) atoms. The molecule has 0 saturated carbocycles. The average Bonchev–Trinajstić information content (AvgIpc) is 3.11. The molecule has 120 valence electrons. The normalized spacial score (nSPS) is 10.5. The molecule has 0 amide bonds. The summed E-state index contributed by atoms with van der Waals surface area (Å²) in [5.74, 6) is 0.876. The first-order valence-corrected chi connectivity index (χ1v) is 8.10. The summed E-state index contributed by atoms with van der Waals surface area (Å²) in [7, 11) is 0. The van der Waals surface area contributed by atoms with Crippen molar-refractivity contribution in [3.05, 3.63) is 83.9 Å². The SMILES string of the molecule is N#Cc1ccc(NCc2cccc(-c3nc4ccccc4[nH]3)c2)cc1. The average molecular weight is 324 g/mol. The van der Waals surface area contributed by atoms with E-state index in [-0.39, 0.29) is 0 Å². The van der Waals surface area contributed by atoms with Crippen molar-refractivity contribution in [3.8, 4) is 17.5 Å². The summed E-state index contributed by atoms with van der Waals surface area (Å²) in [5.41, 5.74) is 5.90. The highest BCUT2D eigenvalue weighted by molar-refractivity contribution is 5.79. The second-order valence-corrected chi connectivity index (χ2v) is 5.85. The molecule has 3 aromatic carbocycles. The zero-order valence-electron chi connectivity index (χ0n) is 13.5. The van der Waals surface area contributed by atoms with Crippen LogP contribution in [0.4, 0.5) is 5.69 Å². The molecular weight excluding hydrogens is 308 g/mol. The topological polar surface area (TPSA) is 64.5 Å². The second-order valence-electron chi connectivity index (χ2n) is 5.85. The standard InChI is InChI=1S/C21H16N4/c22-13-15-8-10-18(11-9-15)23-14-16-4-3-5-17(12-16)21-24-19-6-1-2-7-20(19)25-21/h1-12,23H,14H2,(H,24,25). The maximum atomic E-state index is 8.85. The van der Waals surface area contributed by atoms with Gasteiger partial charge in [0.2, 0.25) is 0 Å². The number of H-pyrrole nitrogens is 1. The Balaban J connectivity index is 1.53. The number of aromatic amines is 1. The third kappa shape index (κ3) is 3.22. The molecule has 4 nitrogen and oxygen atoms in total. The Hall–Kier alpha value is -3.58. The number of hydrogen-bond donors (Lipinski definition) is 2. The minimum absolute atomic E-state index is 0.664. The molecule has 0 fully saturated rings. The fourth-order valence-corrected chi connectivity index (χ4v) is 2.78. The Kier molecular flexibility index (Phi) is 3.89. The van der Waals surface area contributed by atoms with Crippen molar-refractivity contribution >= 4 is 16.7 Å². The van der Waals surface area contributed by atoms with Crippen LogP contribution in [0.5, 0.6) is 0 Å². The Morgan fingerprint density at radius 2 is 1.80 bits per heavy atom. The first-order valence-electron chi connectivity index (χ1n) is 8.10. The summed E-state index contributed by atoms with van der Waals surface area (Å²) in [4.78, 5) is 8.02. The number of nitrogens with one attached hydrogen (secondary N) is 2. The van der Waals surface area contributed by atoms with Gasteiger partial charge in [-0.1, -0.05) is 30.3 Å². The number of benzene rings is 3. The van der Waals surface area contributed by atoms with Crippen molar-refractivity contribution in [1.29, 1.82) is 5.26 Å². The molecule has 0 bridgehead atoms.